The summed E-state index contributed by atoms with van der Waals surface area (Å²) in [4.78, 5) is 2.73. The molecule has 0 unspecified atom stereocenters. The van der Waals surface area contributed by atoms with Gasteiger partial charge in [0.1, 0.15) is 0 Å². The summed E-state index contributed by atoms with van der Waals surface area (Å²) >= 11 is 0. The van der Waals surface area contributed by atoms with Gasteiger partial charge in [0.2, 0.25) is 10.0 Å². The van der Waals surface area contributed by atoms with Crippen molar-refractivity contribution in [3.8, 4) is 0 Å². The predicted octanol–water partition coefficient (Wildman–Crippen LogP) is 2.62. The molecule has 2 rings (SSSR count). The van der Waals surface area contributed by atoms with Crippen molar-refractivity contribution in [2.75, 3.05) is 32.7 Å². The summed E-state index contributed by atoms with van der Waals surface area (Å²) in [6, 6.07) is 5.73. The molecule has 0 aromatic heterocycles. The molecule has 5 heteroatoms. The van der Waals surface area contributed by atoms with Crippen molar-refractivity contribution in [1.82, 2.24) is 9.21 Å². The van der Waals surface area contributed by atoms with E-state index in [0.717, 1.165) is 25.2 Å². The van der Waals surface area contributed by atoms with Gasteiger partial charge in [-0.3, -0.25) is 0 Å². The van der Waals surface area contributed by atoms with E-state index >= 15 is 0 Å². The average molecular weight is 324 g/mol. The van der Waals surface area contributed by atoms with E-state index in [4.69, 9.17) is 0 Å². The van der Waals surface area contributed by atoms with Crippen molar-refractivity contribution < 1.29 is 8.42 Å². The maximum atomic E-state index is 12.9. The van der Waals surface area contributed by atoms with Gasteiger partial charge in [-0.05, 0) is 36.1 Å². The van der Waals surface area contributed by atoms with E-state index in [-0.39, 0.29) is 5.41 Å². The number of piperazine rings is 1. The van der Waals surface area contributed by atoms with E-state index in [9.17, 15) is 8.42 Å². The fourth-order valence-electron chi connectivity index (χ4n) is 2.83. The molecular weight excluding hydrogens is 296 g/mol. The summed E-state index contributed by atoms with van der Waals surface area (Å²) in [5.41, 5.74) is 2.03. The number of sulfonamides is 1. The summed E-state index contributed by atoms with van der Waals surface area (Å²) in [5.74, 6) is 0. The number of hydrogen-bond acceptors (Lipinski definition) is 3. The highest BCUT2D eigenvalue weighted by molar-refractivity contribution is 7.89. The summed E-state index contributed by atoms with van der Waals surface area (Å²) in [6.45, 7) is 14.2. The SMILES string of the molecule is CCN1CCN(S(=O)(=O)c2ccc(C(C)(C)C)cc2C)CC1. The van der Waals surface area contributed by atoms with Crippen molar-refractivity contribution >= 4 is 10.0 Å². The Balaban J connectivity index is 2.27. The van der Waals surface area contributed by atoms with E-state index < -0.39 is 10.0 Å². The van der Waals surface area contributed by atoms with E-state index in [1.54, 1.807) is 10.4 Å². The van der Waals surface area contributed by atoms with Crippen LogP contribution in [0.15, 0.2) is 23.1 Å². The van der Waals surface area contributed by atoms with Crippen LogP contribution in [0, 0.1) is 6.92 Å². The molecule has 1 aliphatic rings. The minimum atomic E-state index is -3.38. The van der Waals surface area contributed by atoms with Crippen LogP contribution < -0.4 is 0 Å². The minimum Gasteiger partial charge on any atom is -0.301 e. The zero-order valence-electron chi connectivity index (χ0n) is 14.4. The standard InChI is InChI=1S/C17H28N2O2S/c1-6-18-9-11-19(12-10-18)22(20,21)16-8-7-15(13-14(16)2)17(3,4)5/h7-8,13H,6,9-12H2,1-5H3. The van der Waals surface area contributed by atoms with Gasteiger partial charge in [0, 0.05) is 26.2 Å². The molecular formula is C17H28N2O2S. The first-order valence-corrected chi connectivity index (χ1v) is 9.44. The molecule has 0 aliphatic carbocycles. The van der Waals surface area contributed by atoms with Gasteiger partial charge in [0.15, 0.2) is 0 Å². The van der Waals surface area contributed by atoms with Crippen LogP contribution in [0.5, 0.6) is 0 Å². The first-order valence-electron chi connectivity index (χ1n) is 8.00. The summed E-state index contributed by atoms with van der Waals surface area (Å²) in [7, 11) is -3.38. The third kappa shape index (κ3) is 3.53. The highest BCUT2D eigenvalue weighted by Gasteiger charge is 2.29. The number of benzene rings is 1. The third-order valence-corrected chi connectivity index (χ3v) is 6.50. The van der Waals surface area contributed by atoms with Crippen LogP contribution in [-0.2, 0) is 15.4 Å². The second kappa shape index (κ2) is 6.30. The highest BCUT2D eigenvalue weighted by Crippen LogP contribution is 2.28. The largest absolute Gasteiger partial charge is 0.301 e. The number of likely N-dealkylation sites (N-methyl/N-ethyl adjacent to an activating group) is 1. The number of nitrogens with zero attached hydrogens (tertiary/aromatic N) is 2. The van der Waals surface area contributed by atoms with E-state index in [1.807, 2.05) is 19.1 Å². The van der Waals surface area contributed by atoms with Gasteiger partial charge < -0.3 is 4.90 Å². The molecule has 1 heterocycles. The molecule has 0 spiro atoms. The molecule has 124 valence electrons. The van der Waals surface area contributed by atoms with Crippen molar-refractivity contribution in [3.63, 3.8) is 0 Å². The zero-order valence-corrected chi connectivity index (χ0v) is 15.2. The van der Waals surface area contributed by atoms with Crippen LogP contribution in [0.1, 0.15) is 38.8 Å². The highest BCUT2D eigenvalue weighted by atomic mass is 32.2. The van der Waals surface area contributed by atoms with Crippen LogP contribution in [-0.4, -0.2) is 50.3 Å². The number of hydrogen-bond donors (Lipinski definition) is 0. The molecule has 0 amide bonds. The summed E-state index contributed by atoms with van der Waals surface area (Å²) < 4.78 is 27.4. The molecule has 0 bridgehead atoms. The van der Waals surface area contributed by atoms with Gasteiger partial charge in [-0.2, -0.15) is 4.31 Å². The monoisotopic (exact) mass is 324 g/mol. The van der Waals surface area contributed by atoms with Crippen molar-refractivity contribution in [3.05, 3.63) is 29.3 Å². The van der Waals surface area contributed by atoms with Crippen LogP contribution in [0.4, 0.5) is 0 Å². The Hall–Kier alpha value is -0.910. The molecule has 0 N–H and O–H groups in total. The van der Waals surface area contributed by atoms with Gasteiger partial charge >= 0.3 is 0 Å². The molecule has 1 aromatic rings. The first kappa shape index (κ1) is 17.4. The first-order chi connectivity index (χ1) is 10.2. The van der Waals surface area contributed by atoms with Crippen LogP contribution in [0.25, 0.3) is 0 Å². The summed E-state index contributed by atoms with van der Waals surface area (Å²) in [5, 5.41) is 0. The molecule has 0 atom stereocenters. The maximum absolute atomic E-state index is 12.9. The van der Waals surface area contributed by atoms with Crippen LogP contribution >= 0.6 is 0 Å². The molecule has 1 fully saturated rings. The Morgan fingerprint density at radius 3 is 2.14 bits per heavy atom. The molecule has 1 aliphatic heterocycles. The Morgan fingerprint density at radius 2 is 1.68 bits per heavy atom. The van der Waals surface area contributed by atoms with Crippen molar-refractivity contribution in [2.24, 2.45) is 0 Å². The topological polar surface area (TPSA) is 40.6 Å². The lowest BCUT2D eigenvalue weighted by atomic mass is 9.86. The lowest BCUT2D eigenvalue weighted by Gasteiger charge is -2.33. The Kier molecular flexibility index (Phi) is 5.00. The third-order valence-electron chi connectivity index (χ3n) is 4.44. The second-order valence-corrected chi connectivity index (χ2v) is 8.97. The van der Waals surface area contributed by atoms with Gasteiger partial charge in [-0.15, -0.1) is 0 Å². The molecule has 22 heavy (non-hydrogen) atoms. The van der Waals surface area contributed by atoms with Crippen molar-refractivity contribution in [1.29, 1.82) is 0 Å². The average Bonchev–Trinajstić information content (AvgIpc) is 2.46. The fraction of sp³-hybridized carbons (Fsp3) is 0.647. The Bertz CT molecular complexity index is 625. The van der Waals surface area contributed by atoms with E-state index in [2.05, 4.69) is 32.6 Å². The predicted molar refractivity (Wildman–Crippen MR) is 90.8 cm³/mol. The Morgan fingerprint density at radius 1 is 1.09 bits per heavy atom. The normalized spacial score (nSPS) is 18.6. The molecule has 0 radical (unpaired) electrons. The van der Waals surface area contributed by atoms with Crippen LogP contribution in [0.3, 0.4) is 0 Å². The second-order valence-electron chi connectivity index (χ2n) is 7.07. The Labute approximate surface area is 135 Å². The summed E-state index contributed by atoms with van der Waals surface area (Å²) in [6.07, 6.45) is 0. The fourth-order valence-corrected chi connectivity index (χ4v) is 4.46. The molecule has 0 saturated carbocycles. The van der Waals surface area contributed by atoms with Gasteiger partial charge in [0.25, 0.3) is 0 Å². The smallest absolute Gasteiger partial charge is 0.243 e. The van der Waals surface area contributed by atoms with Gasteiger partial charge in [-0.1, -0.05) is 39.8 Å². The number of rotatable bonds is 3. The molecule has 4 nitrogen and oxygen atoms in total. The van der Waals surface area contributed by atoms with E-state index in [0.29, 0.717) is 18.0 Å². The maximum Gasteiger partial charge on any atom is 0.243 e. The van der Waals surface area contributed by atoms with Crippen molar-refractivity contribution in [2.45, 2.75) is 44.9 Å². The minimum absolute atomic E-state index is 0.0276. The lowest BCUT2D eigenvalue weighted by Crippen LogP contribution is -2.48. The molecule has 1 aromatic carbocycles. The zero-order chi connectivity index (χ0) is 16.5. The van der Waals surface area contributed by atoms with Gasteiger partial charge in [-0.25, -0.2) is 8.42 Å². The lowest BCUT2D eigenvalue weighted by molar-refractivity contribution is 0.196. The number of aryl methyl sites for hydroxylation is 1. The molecule has 1 saturated heterocycles. The van der Waals surface area contributed by atoms with Crippen LogP contribution in [0.2, 0.25) is 0 Å². The van der Waals surface area contributed by atoms with Gasteiger partial charge in [0.05, 0.1) is 4.90 Å². The van der Waals surface area contributed by atoms with E-state index in [1.165, 1.54) is 5.56 Å². The quantitative estimate of drug-likeness (QED) is 0.858.